The van der Waals surface area contributed by atoms with Crippen LogP contribution in [0.4, 0.5) is 0 Å². The maximum atomic E-state index is 6.01. The Kier molecular flexibility index (Phi) is 3.24. The van der Waals surface area contributed by atoms with Gasteiger partial charge in [-0.25, -0.2) is 0 Å². The van der Waals surface area contributed by atoms with Crippen molar-refractivity contribution in [3.05, 3.63) is 77.4 Å². The third kappa shape index (κ3) is 2.36. The van der Waals surface area contributed by atoms with Gasteiger partial charge < -0.3 is 4.74 Å². The largest absolute Gasteiger partial charge is 0.368 e. The van der Waals surface area contributed by atoms with Gasteiger partial charge in [-0.2, -0.15) is 0 Å². The number of rotatable bonds is 3. The van der Waals surface area contributed by atoms with Crippen molar-refractivity contribution >= 4 is 6.08 Å². The zero-order valence-electron chi connectivity index (χ0n) is 10.2. The third-order valence-corrected chi connectivity index (χ3v) is 3.20. The van der Waals surface area contributed by atoms with Crippen molar-refractivity contribution in [3.63, 3.8) is 0 Å². The fourth-order valence-electron chi connectivity index (χ4n) is 2.24. The van der Waals surface area contributed by atoms with Crippen LogP contribution in [0.5, 0.6) is 0 Å². The Morgan fingerprint density at radius 3 is 2.67 bits per heavy atom. The summed E-state index contributed by atoms with van der Waals surface area (Å²) in [4.78, 5) is 0. The monoisotopic (exact) mass is 235 g/mol. The molecule has 1 nitrogen and oxygen atoms in total. The molecule has 0 aromatic heterocycles. The summed E-state index contributed by atoms with van der Waals surface area (Å²) in [5.74, 6) is 0. The molecule has 89 valence electrons. The minimum absolute atomic E-state index is 0.131. The van der Waals surface area contributed by atoms with Gasteiger partial charge in [0, 0.05) is 6.42 Å². The Labute approximate surface area is 108 Å². The molecule has 1 heteroatoms. The van der Waals surface area contributed by atoms with Gasteiger partial charge in [-0.3, -0.25) is 0 Å². The molecule has 1 aliphatic carbocycles. The van der Waals surface area contributed by atoms with Gasteiger partial charge in [0.15, 0.2) is 0 Å². The summed E-state index contributed by atoms with van der Waals surface area (Å²) in [6, 6.07) is 18.7. The van der Waals surface area contributed by atoms with Crippen molar-refractivity contribution in [3.8, 4) is 0 Å². The van der Waals surface area contributed by atoms with Crippen LogP contribution < -0.4 is 0 Å². The topological polar surface area (TPSA) is 9.23 Å². The highest BCUT2D eigenvalue weighted by molar-refractivity contribution is 5.55. The van der Waals surface area contributed by atoms with Gasteiger partial charge in [0.2, 0.25) is 0 Å². The molecule has 0 fully saturated rings. The fourth-order valence-corrected chi connectivity index (χ4v) is 2.24. The predicted molar refractivity (Wildman–Crippen MR) is 72.7 cm³/mol. The first-order chi connectivity index (χ1) is 8.93. The Morgan fingerprint density at radius 1 is 1.00 bits per heavy atom. The van der Waals surface area contributed by atoms with E-state index in [9.17, 15) is 0 Å². The highest BCUT2D eigenvalue weighted by Crippen LogP contribution is 2.30. The van der Waals surface area contributed by atoms with E-state index in [1.807, 2.05) is 18.2 Å². The quantitative estimate of drug-likeness (QED) is 0.776. The summed E-state index contributed by atoms with van der Waals surface area (Å²) >= 11 is 0. The SMILES string of the molecule is [C]1=Cc2ccccc2C(OCc2ccccc2)C1. The Balaban J connectivity index is 1.73. The Hall–Kier alpha value is -1.86. The minimum atomic E-state index is 0.131. The average Bonchev–Trinajstić information content (AvgIpc) is 2.46. The Bertz CT molecular complexity index is 543. The molecule has 2 aromatic rings. The molecule has 0 spiro atoms. The van der Waals surface area contributed by atoms with E-state index in [0.717, 1.165) is 6.42 Å². The van der Waals surface area contributed by atoms with Crippen LogP contribution in [0.3, 0.4) is 0 Å². The van der Waals surface area contributed by atoms with E-state index in [-0.39, 0.29) is 6.10 Å². The lowest BCUT2D eigenvalue weighted by Gasteiger charge is -2.21. The van der Waals surface area contributed by atoms with Gasteiger partial charge in [-0.15, -0.1) is 0 Å². The van der Waals surface area contributed by atoms with E-state index in [1.54, 1.807) is 0 Å². The average molecular weight is 235 g/mol. The van der Waals surface area contributed by atoms with Crippen molar-refractivity contribution in [2.75, 3.05) is 0 Å². The van der Waals surface area contributed by atoms with Crippen LogP contribution in [-0.4, -0.2) is 0 Å². The molecule has 0 saturated heterocycles. The summed E-state index contributed by atoms with van der Waals surface area (Å²) in [5.41, 5.74) is 3.71. The van der Waals surface area contributed by atoms with Gasteiger partial charge in [-0.05, 0) is 22.8 Å². The lowest BCUT2D eigenvalue weighted by atomic mass is 9.95. The summed E-state index contributed by atoms with van der Waals surface area (Å²) in [5, 5.41) is 0. The van der Waals surface area contributed by atoms with E-state index < -0.39 is 0 Å². The van der Waals surface area contributed by atoms with Gasteiger partial charge in [0.05, 0.1) is 12.7 Å². The lowest BCUT2D eigenvalue weighted by molar-refractivity contribution is 0.0397. The molecule has 18 heavy (non-hydrogen) atoms. The first kappa shape index (κ1) is 11.2. The fraction of sp³-hybridized carbons (Fsp3) is 0.176. The molecular formula is C17H15O. The molecule has 0 heterocycles. The molecule has 0 amide bonds. The summed E-state index contributed by atoms with van der Waals surface area (Å²) < 4.78 is 6.01. The van der Waals surface area contributed by atoms with Gasteiger partial charge in [0.25, 0.3) is 0 Å². The zero-order chi connectivity index (χ0) is 12.2. The molecular weight excluding hydrogens is 220 g/mol. The second-order valence-corrected chi connectivity index (χ2v) is 4.47. The predicted octanol–water partition coefficient (Wildman–Crippen LogP) is 4.16. The molecule has 1 unspecified atom stereocenters. The van der Waals surface area contributed by atoms with Crippen LogP contribution in [0, 0.1) is 6.08 Å². The highest BCUT2D eigenvalue weighted by Gasteiger charge is 2.16. The first-order valence-corrected chi connectivity index (χ1v) is 6.24. The van der Waals surface area contributed by atoms with Gasteiger partial charge >= 0.3 is 0 Å². The smallest absolute Gasteiger partial charge is 0.0875 e. The summed E-state index contributed by atoms with van der Waals surface area (Å²) in [7, 11) is 0. The first-order valence-electron chi connectivity index (χ1n) is 6.24. The van der Waals surface area contributed by atoms with Crippen molar-refractivity contribution in [2.45, 2.75) is 19.1 Å². The van der Waals surface area contributed by atoms with Crippen LogP contribution in [-0.2, 0) is 11.3 Å². The lowest BCUT2D eigenvalue weighted by Crippen LogP contribution is -2.08. The molecule has 0 saturated carbocycles. The molecule has 1 aliphatic rings. The van der Waals surface area contributed by atoms with Crippen molar-refractivity contribution in [2.24, 2.45) is 0 Å². The molecule has 3 rings (SSSR count). The molecule has 0 N–H and O–H groups in total. The van der Waals surface area contributed by atoms with E-state index in [1.165, 1.54) is 16.7 Å². The van der Waals surface area contributed by atoms with Crippen LogP contribution in [0.1, 0.15) is 29.2 Å². The number of benzene rings is 2. The van der Waals surface area contributed by atoms with E-state index in [2.05, 4.69) is 48.6 Å². The van der Waals surface area contributed by atoms with Crippen molar-refractivity contribution in [1.82, 2.24) is 0 Å². The number of hydrogen-bond acceptors (Lipinski definition) is 1. The molecule has 0 bridgehead atoms. The highest BCUT2D eigenvalue weighted by atomic mass is 16.5. The van der Waals surface area contributed by atoms with E-state index in [4.69, 9.17) is 4.74 Å². The molecule has 1 atom stereocenters. The maximum Gasteiger partial charge on any atom is 0.0875 e. The van der Waals surface area contributed by atoms with Gasteiger partial charge in [-0.1, -0.05) is 60.7 Å². The van der Waals surface area contributed by atoms with Crippen molar-refractivity contribution in [1.29, 1.82) is 0 Å². The number of fused-ring (bicyclic) bond motifs is 1. The van der Waals surface area contributed by atoms with Crippen LogP contribution >= 0.6 is 0 Å². The van der Waals surface area contributed by atoms with Crippen LogP contribution in [0.2, 0.25) is 0 Å². The van der Waals surface area contributed by atoms with Crippen molar-refractivity contribution < 1.29 is 4.74 Å². The second-order valence-electron chi connectivity index (χ2n) is 4.47. The van der Waals surface area contributed by atoms with Crippen LogP contribution in [0.25, 0.3) is 6.08 Å². The normalized spacial score (nSPS) is 17.4. The minimum Gasteiger partial charge on any atom is -0.368 e. The number of hydrogen-bond donors (Lipinski definition) is 0. The number of ether oxygens (including phenoxy) is 1. The van der Waals surface area contributed by atoms with E-state index in [0.29, 0.717) is 6.61 Å². The zero-order valence-corrected chi connectivity index (χ0v) is 10.2. The standard InChI is InChI=1S/C17H15O/c1-2-7-14(8-3-1)13-18-17-12-6-10-15-9-4-5-11-16(15)17/h1-5,7-11,17H,12-13H2. The molecule has 0 aliphatic heterocycles. The second kappa shape index (κ2) is 5.19. The van der Waals surface area contributed by atoms with Gasteiger partial charge in [0.1, 0.15) is 0 Å². The maximum absolute atomic E-state index is 6.01. The summed E-state index contributed by atoms with van der Waals surface area (Å²) in [6.45, 7) is 0.654. The molecule has 2 aromatic carbocycles. The van der Waals surface area contributed by atoms with Crippen LogP contribution in [0.15, 0.2) is 54.6 Å². The Morgan fingerprint density at radius 2 is 1.78 bits per heavy atom. The summed E-state index contributed by atoms with van der Waals surface area (Å²) in [6.07, 6.45) is 6.30. The molecule has 1 radical (unpaired) electrons. The third-order valence-electron chi connectivity index (χ3n) is 3.20. The van der Waals surface area contributed by atoms with E-state index >= 15 is 0 Å².